The number of piperidine rings is 2. The number of anilines is 1. The molecule has 5 heterocycles. The zero-order valence-electron chi connectivity index (χ0n) is 24.4. The van der Waals surface area contributed by atoms with E-state index in [9.17, 15) is 19.2 Å². The first-order valence-electron chi connectivity index (χ1n) is 14.9. The zero-order chi connectivity index (χ0) is 29.4. The first-order chi connectivity index (χ1) is 20.0. The lowest BCUT2D eigenvalue weighted by Gasteiger charge is -2.43. The van der Waals surface area contributed by atoms with E-state index in [0.717, 1.165) is 34.7 Å². The highest BCUT2D eigenvalue weighted by Crippen LogP contribution is 2.43. The Labute approximate surface area is 234 Å². The summed E-state index contributed by atoms with van der Waals surface area (Å²) in [5.74, 6) is -0.576. The number of pyridine rings is 1. The molecule has 10 heteroatoms. The van der Waals surface area contributed by atoms with Crippen LogP contribution in [0.25, 0.3) is 10.8 Å². The lowest BCUT2D eigenvalue weighted by Crippen LogP contribution is -2.53. The van der Waals surface area contributed by atoms with Crippen molar-refractivity contribution in [2.45, 2.75) is 70.3 Å². The summed E-state index contributed by atoms with van der Waals surface area (Å²) < 4.78 is 17.7. The van der Waals surface area contributed by atoms with Crippen molar-refractivity contribution in [2.24, 2.45) is 5.41 Å². The number of benzene rings is 1. The molecule has 4 amide bonds. The van der Waals surface area contributed by atoms with Gasteiger partial charge in [0.15, 0.2) is 0 Å². The van der Waals surface area contributed by atoms with E-state index in [4.69, 9.17) is 2.74 Å². The maximum atomic E-state index is 13.4. The van der Waals surface area contributed by atoms with Crippen LogP contribution in [0.5, 0.6) is 0 Å². The van der Waals surface area contributed by atoms with Crippen LogP contribution in [-0.2, 0) is 20.8 Å². The van der Waals surface area contributed by atoms with Crippen molar-refractivity contribution in [1.29, 1.82) is 0 Å². The fraction of sp³-hybridized carbons (Fsp3) is 0.467. The highest BCUT2D eigenvalue weighted by atomic mass is 16.2. The van der Waals surface area contributed by atoms with E-state index < -0.39 is 23.7 Å². The summed E-state index contributed by atoms with van der Waals surface area (Å²) in [6, 6.07) is 4.96. The SMILES string of the molecule is [2H]C1([2H])CC(C)(C(=O)N2CCC(n3cc(Cc4cnc5c6c(cccc46)C(=O)N5C4CCC(=O)NC4=O)cn3)CC2)C1. The molecule has 1 atom stereocenters. The molecule has 3 aliphatic heterocycles. The molecule has 0 spiro atoms. The zero-order valence-corrected chi connectivity index (χ0v) is 22.4. The van der Waals surface area contributed by atoms with Gasteiger partial charge in [0.2, 0.25) is 17.7 Å². The smallest absolute Gasteiger partial charge is 0.260 e. The summed E-state index contributed by atoms with van der Waals surface area (Å²) in [7, 11) is 0. The Morgan fingerprint density at radius 2 is 1.95 bits per heavy atom. The van der Waals surface area contributed by atoms with Gasteiger partial charge in [-0.25, -0.2) is 4.98 Å². The Balaban J connectivity index is 1.06. The van der Waals surface area contributed by atoms with Crippen LogP contribution in [0.1, 0.15) is 82.1 Å². The summed E-state index contributed by atoms with van der Waals surface area (Å²) in [6.07, 6.45) is 7.55. The van der Waals surface area contributed by atoms with Gasteiger partial charge < -0.3 is 4.90 Å². The third-order valence-electron chi connectivity index (χ3n) is 8.90. The number of rotatable bonds is 5. The fourth-order valence-electron chi connectivity index (χ4n) is 6.53. The molecular formula is C30H32N6O4. The second-order valence-corrected chi connectivity index (χ2v) is 11.7. The largest absolute Gasteiger partial charge is 0.342 e. The normalized spacial score (nSPS) is 24.5. The Morgan fingerprint density at radius 1 is 1.15 bits per heavy atom. The molecule has 1 aromatic carbocycles. The number of nitrogens with zero attached hydrogens (tertiary/aromatic N) is 5. The van der Waals surface area contributed by atoms with E-state index in [2.05, 4.69) is 15.4 Å². The van der Waals surface area contributed by atoms with E-state index in [-0.39, 0.29) is 49.4 Å². The second kappa shape index (κ2) is 9.25. The van der Waals surface area contributed by atoms with E-state index in [1.807, 2.05) is 41.0 Å². The number of aromatic nitrogens is 3. The minimum Gasteiger partial charge on any atom is -0.342 e. The summed E-state index contributed by atoms with van der Waals surface area (Å²) in [5, 5.41) is 8.60. The number of amides is 4. The Kier molecular flexibility index (Phi) is 5.25. The van der Waals surface area contributed by atoms with Gasteiger partial charge in [-0.2, -0.15) is 5.10 Å². The Bertz CT molecular complexity index is 1650. The lowest BCUT2D eigenvalue weighted by atomic mass is 9.69. The van der Waals surface area contributed by atoms with Gasteiger partial charge in [0, 0.05) is 51.9 Å². The molecule has 4 aliphatic rings. The highest BCUT2D eigenvalue weighted by molar-refractivity contribution is 6.26. The van der Waals surface area contributed by atoms with Crippen molar-refractivity contribution in [1.82, 2.24) is 25.0 Å². The predicted octanol–water partition coefficient (Wildman–Crippen LogP) is 3.14. The molecule has 10 nitrogen and oxygen atoms in total. The fourth-order valence-corrected chi connectivity index (χ4v) is 6.53. The van der Waals surface area contributed by atoms with Crippen molar-refractivity contribution in [3.05, 3.63) is 53.5 Å². The van der Waals surface area contributed by atoms with Crippen LogP contribution >= 0.6 is 0 Å². The summed E-state index contributed by atoms with van der Waals surface area (Å²) in [4.78, 5) is 58.6. The molecule has 3 fully saturated rings. The van der Waals surface area contributed by atoms with Gasteiger partial charge in [-0.05, 0) is 54.7 Å². The molecule has 3 aromatic rings. The number of likely N-dealkylation sites (tertiary alicyclic amines) is 1. The van der Waals surface area contributed by atoms with Crippen molar-refractivity contribution in [3.8, 4) is 0 Å². The first kappa shape index (κ1) is 22.7. The molecule has 7 rings (SSSR count). The maximum Gasteiger partial charge on any atom is 0.260 e. The number of carbonyl (C=O) groups excluding carboxylic acids is 4. The summed E-state index contributed by atoms with van der Waals surface area (Å²) in [5.41, 5.74) is 1.87. The number of imide groups is 1. The van der Waals surface area contributed by atoms with Crippen LogP contribution in [0.3, 0.4) is 0 Å². The average Bonchev–Trinajstić information content (AvgIpc) is 3.52. The lowest BCUT2D eigenvalue weighted by molar-refractivity contribution is -0.147. The van der Waals surface area contributed by atoms with Crippen molar-refractivity contribution in [2.75, 3.05) is 18.0 Å². The first-order valence-corrected chi connectivity index (χ1v) is 13.9. The molecule has 0 bridgehead atoms. The molecule has 1 saturated carbocycles. The minimum atomic E-state index is -1.24. The third-order valence-corrected chi connectivity index (χ3v) is 8.90. The van der Waals surface area contributed by atoms with Crippen LogP contribution in [0.2, 0.25) is 0 Å². The van der Waals surface area contributed by atoms with Gasteiger partial charge in [0.05, 0.1) is 17.8 Å². The van der Waals surface area contributed by atoms with Gasteiger partial charge >= 0.3 is 0 Å². The molecule has 0 radical (unpaired) electrons. The third kappa shape index (κ3) is 3.91. The van der Waals surface area contributed by atoms with Crippen molar-refractivity contribution >= 4 is 40.2 Å². The molecule has 1 N–H and O–H groups in total. The summed E-state index contributed by atoms with van der Waals surface area (Å²) in [6.45, 7) is 3.14. The standard InChI is InChI=1S/C30H32N6O4/c1-30(10-3-11-30)29(40)34-12-8-20(9-13-34)35-17-18(15-32-35)14-19-16-31-26-25-21(19)4-2-5-22(25)28(39)36(26)23-6-7-24(37)33-27(23)38/h2,4-5,15-17,20,23H,3,6-14H2,1H3,(H,33,37,38)/i3D2. The molecule has 206 valence electrons. The average molecular weight is 543 g/mol. The van der Waals surface area contributed by atoms with Crippen LogP contribution in [0.15, 0.2) is 36.8 Å². The molecular weight excluding hydrogens is 508 g/mol. The monoisotopic (exact) mass is 542 g/mol. The van der Waals surface area contributed by atoms with E-state index in [0.29, 0.717) is 30.9 Å². The summed E-state index contributed by atoms with van der Waals surface area (Å²) >= 11 is 0. The topological polar surface area (TPSA) is 118 Å². The van der Waals surface area contributed by atoms with E-state index >= 15 is 0 Å². The minimum absolute atomic E-state index is 0.0615. The van der Waals surface area contributed by atoms with E-state index in [1.54, 1.807) is 12.3 Å². The number of nitrogens with one attached hydrogen (secondary N) is 1. The van der Waals surface area contributed by atoms with Gasteiger partial charge in [-0.3, -0.25) is 34.1 Å². The van der Waals surface area contributed by atoms with Gasteiger partial charge in [-0.1, -0.05) is 25.4 Å². The maximum absolute atomic E-state index is 13.4. The number of hydrogen-bond acceptors (Lipinski definition) is 6. The molecule has 1 aliphatic carbocycles. The molecule has 2 aromatic heterocycles. The molecule has 2 saturated heterocycles. The van der Waals surface area contributed by atoms with Crippen molar-refractivity contribution in [3.63, 3.8) is 0 Å². The molecule has 40 heavy (non-hydrogen) atoms. The van der Waals surface area contributed by atoms with Crippen LogP contribution < -0.4 is 10.2 Å². The number of hydrogen-bond donors (Lipinski definition) is 1. The molecule has 1 unspecified atom stereocenters. The van der Waals surface area contributed by atoms with E-state index in [1.165, 1.54) is 4.90 Å². The second-order valence-electron chi connectivity index (χ2n) is 11.7. The van der Waals surface area contributed by atoms with Gasteiger partial charge in [-0.15, -0.1) is 0 Å². The number of carbonyl (C=O) groups is 4. The Hall–Kier alpha value is -4.08. The van der Waals surface area contributed by atoms with Gasteiger partial charge in [0.1, 0.15) is 11.9 Å². The Morgan fingerprint density at radius 3 is 2.70 bits per heavy atom. The predicted molar refractivity (Wildman–Crippen MR) is 147 cm³/mol. The quantitative estimate of drug-likeness (QED) is 0.495. The van der Waals surface area contributed by atoms with Crippen LogP contribution in [0, 0.1) is 5.41 Å². The van der Waals surface area contributed by atoms with Crippen LogP contribution in [-0.4, -0.2) is 62.4 Å². The highest BCUT2D eigenvalue weighted by Gasteiger charge is 2.43. The van der Waals surface area contributed by atoms with Crippen molar-refractivity contribution < 1.29 is 21.9 Å². The van der Waals surface area contributed by atoms with Gasteiger partial charge in [0.25, 0.3) is 5.91 Å². The van der Waals surface area contributed by atoms with Crippen LogP contribution in [0.4, 0.5) is 5.82 Å².